The Hall–Kier alpha value is -1.71. The van der Waals surface area contributed by atoms with E-state index < -0.39 is 6.10 Å². The first-order valence-electron chi connectivity index (χ1n) is 6.40. The standard InChI is InChI=1S/C16H17ClO3/c1-3-20-12-9-7-11(8-10-12)16(18)15-13(17)5-4-6-14(15)19-2/h4-10,16,18H,3H2,1-2H3. The van der Waals surface area contributed by atoms with E-state index in [9.17, 15) is 5.11 Å². The van der Waals surface area contributed by atoms with E-state index in [-0.39, 0.29) is 0 Å². The molecule has 0 aliphatic rings. The fourth-order valence-corrected chi connectivity index (χ4v) is 2.31. The van der Waals surface area contributed by atoms with Gasteiger partial charge in [0.25, 0.3) is 0 Å². The summed E-state index contributed by atoms with van der Waals surface area (Å²) in [6.45, 7) is 2.54. The normalized spacial score (nSPS) is 12.0. The molecule has 0 aliphatic carbocycles. The topological polar surface area (TPSA) is 38.7 Å². The van der Waals surface area contributed by atoms with Crippen molar-refractivity contribution < 1.29 is 14.6 Å². The lowest BCUT2D eigenvalue weighted by molar-refractivity contribution is 0.214. The molecule has 0 fully saturated rings. The van der Waals surface area contributed by atoms with E-state index in [1.165, 1.54) is 0 Å². The molecule has 1 atom stereocenters. The van der Waals surface area contributed by atoms with Crippen LogP contribution in [0.25, 0.3) is 0 Å². The van der Waals surface area contributed by atoms with E-state index in [1.807, 2.05) is 31.2 Å². The Morgan fingerprint density at radius 2 is 1.85 bits per heavy atom. The maximum Gasteiger partial charge on any atom is 0.126 e. The van der Waals surface area contributed by atoms with Gasteiger partial charge in [0.1, 0.15) is 17.6 Å². The number of aliphatic hydroxyl groups is 1. The SMILES string of the molecule is CCOc1ccc(C(O)c2c(Cl)cccc2OC)cc1. The van der Waals surface area contributed by atoms with Gasteiger partial charge in [-0.15, -0.1) is 0 Å². The molecule has 3 nitrogen and oxygen atoms in total. The smallest absolute Gasteiger partial charge is 0.126 e. The van der Waals surface area contributed by atoms with Gasteiger partial charge in [-0.05, 0) is 36.8 Å². The summed E-state index contributed by atoms with van der Waals surface area (Å²) in [5, 5.41) is 11.0. The summed E-state index contributed by atoms with van der Waals surface area (Å²) < 4.78 is 10.6. The molecule has 2 aromatic rings. The minimum absolute atomic E-state index is 0.478. The van der Waals surface area contributed by atoms with Crippen molar-refractivity contribution in [2.45, 2.75) is 13.0 Å². The van der Waals surface area contributed by atoms with Gasteiger partial charge in [0, 0.05) is 5.56 Å². The zero-order valence-electron chi connectivity index (χ0n) is 11.5. The van der Waals surface area contributed by atoms with Crippen molar-refractivity contribution >= 4 is 11.6 Å². The second-order valence-corrected chi connectivity index (χ2v) is 4.67. The summed E-state index contributed by atoms with van der Waals surface area (Å²) in [7, 11) is 1.56. The maximum absolute atomic E-state index is 10.5. The van der Waals surface area contributed by atoms with Crippen LogP contribution in [-0.4, -0.2) is 18.8 Å². The Morgan fingerprint density at radius 1 is 1.15 bits per heavy atom. The van der Waals surface area contributed by atoms with Gasteiger partial charge in [-0.3, -0.25) is 0 Å². The third kappa shape index (κ3) is 3.06. The van der Waals surface area contributed by atoms with Crippen molar-refractivity contribution in [1.82, 2.24) is 0 Å². The Morgan fingerprint density at radius 3 is 2.45 bits per heavy atom. The third-order valence-electron chi connectivity index (χ3n) is 3.01. The summed E-state index contributed by atoms with van der Waals surface area (Å²) >= 11 is 6.17. The van der Waals surface area contributed by atoms with Crippen LogP contribution in [0, 0.1) is 0 Å². The molecule has 20 heavy (non-hydrogen) atoms. The summed E-state index contributed by atoms with van der Waals surface area (Å²) in [4.78, 5) is 0. The molecule has 0 spiro atoms. The summed E-state index contributed by atoms with van der Waals surface area (Å²) in [6, 6.07) is 12.6. The molecular formula is C16H17ClO3. The molecule has 0 bridgehead atoms. The Labute approximate surface area is 123 Å². The van der Waals surface area contributed by atoms with Crippen molar-refractivity contribution in [2.24, 2.45) is 0 Å². The van der Waals surface area contributed by atoms with Crippen LogP contribution in [0.15, 0.2) is 42.5 Å². The largest absolute Gasteiger partial charge is 0.496 e. The van der Waals surface area contributed by atoms with Gasteiger partial charge >= 0.3 is 0 Å². The summed E-state index contributed by atoms with van der Waals surface area (Å²) in [5.41, 5.74) is 1.31. The highest BCUT2D eigenvalue weighted by Gasteiger charge is 2.18. The van der Waals surface area contributed by atoms with Gasteiger partial charge in [-0.2, -0.15) is 0 Å². The molecule has 0 saturated carbocycles. The summed E-state index contributed by atoms with van der Waals surface area (Å²) in [5.74, 6) is 1.34. The Balaban J connectivity index is 2.33. The molecule has 0 aromatic heterocycles. The van der Waals surface area contributed by atoms with Gasteiger partial charge in [0.2, 0.25) is 0 Å². The number of rotatable bonds is 5. The first kappa shape index (κ1) is 14.7. The molecule has 2 aromatic carbocycles. The Bertz CT molecular complexity index is 566. The zero-order valence-corrected chi connectivity index (χ0v) is 12.2. The van der Waals surface area contributed by atoms with Crippen molar-refractivity contribution in [3.8, 4) is 11.5 Å². The first-order valence-corrected chi connectivity index (χ1v) is 6.78. The van der Waals surface area contributed by atoms with E-state index in [4.69, 9.17) is 21.1 Å². The van der Waals surface area contributed by atoms with Crippen molar-refractivity contribution in [2.75, 3.05) is 13.7 Å². The number of ether oxygens (including phenoxy) is 2. The molecular weight excluding hydrogens is 276 g/mol. The van der Waals surface area contributed by atoms with Crippen LogP contribution in [0.3, 0.4) is 0 Å². The quantitative estimate of drug-likeness (QED) is 0.910. The van der Waals surface area contributed by atoms with Gasteiger partial charge < -0.3 is 14.6 Å². The van der Waals surface area contributed by atoms with Crippen molar-refractivity contribution in [3.05, 3.63) is 58.6 Å². The number of hydrogen-bond donors (Lipinski definition) is 1. The van der Waals surface area contributed by atoms with E-state index in [0.717, 1.165) is 11.3 Å². The molecule has 0 radical (unpaired) electrons. The minimum atomic E-state index is -0.839. The van der Waals surface area contributed by atoms with E-state index in [1.54, 1.807) is 25.3 Å². The van der Waals surface area contributed by atoms with E-state index in [0.29, 0.717) is 22.9 Å². The lowest BCUT2D eigenvalue weighted by Gasteiger charge is -2.17. The number of halogens is 1. The van der Waals surface area contributed by atoms with Crippen LogP contribution < -0.4 is 9.47 Å². The highest BCUT2D eigenvalue weighted by atomic mass is 35.5. The predicted octanol–water partition coefficient (Wildman–Crippen LogP) is 3.83. The van der Waals surface area contributed by atoms with Crippen LogP contribution in [0.5, 0.6) is 11.5 Å². The fourth-order valence-electron chi connectivity index (χ4n) is 2.04. The van der Waals surface area contributed by atoms with Crippen LogP contribution in [-0.2, 0) is 0 Å². The molecule has 0 amide bonds. The number of hydrogen-bond acceptors (Lipinski definition) is 3. The van der Waals surface area contributed by atoms with Gasteiger partial charge in [0.05, 0.1) is 18.7 Å². The monoisotopic (exact) mass is 292 g/mol. The molecule has 2 rings (SSSR count). The molecule has 1 unspecified atom stereocenters. The van der Waals surface area contributed by atoms with Gasteiger partial charge in [0.15, 0.2) is 0 Å². The summed E-state index contributed by atoms with van der Waals surface area (Å²) in [6.07, 6.45) is -0.839. The second-order valence-electron chi connectivity index (χ2n) is 4.26. The molecule has 0 aliphatic heterocycles. The van der Waals surface area contributed by atoms with Crippen LogP contribution in [0.4, 0.5) is 0 Å². The molecule has 106 valence electrons. The average molecular weight is 293 g/mol. The maximum atomic E-state index is 10.5. The molecule has 4 heteroatoms. The van der Waals surface area contributed by atoms with Crippen LogP contribution in [0.1, 0.15) is 24.2 Å². The van der Waals surface area contributed by atoms with Crippen molar-refractivity contribution in [1.29, 1.82) is 0 Å². The lowest BCUT2D eigenvalue weighted by Crippen LogP contribution is -2.03. The number of benzene rings is 2. The fraction of sp³-hybridized carbons (Fsp3) is 0.250. The zero-order chi connectivity index (χ0) is 14.5. The lowest BCUT2D eigenvalue weighted by atomic mass is 10.0. The van der Waals surface area contributed by atoms with E-state index in [2.05, 4.69) is 0 Å². The number of aliphatic hydroxyl groups excluding tert-OH is 1. The average Bonchev–Trinajstić information content (AvgIpc) is 2.47. The third-order valence-corrected chi connectivity index (χ3v) is 3.34. The molecule has 0 saturated heterocycles. The van der Waals surface area contributed by atoms with Gasteiger partial charge in [-0.25, -0.2) is 0 Å². The van der Waals surface area contributed by atoms with Crippen LogP contribution >= 0.6 is 11.6 Å². The van der Waals surface area contributed by atoms with Crippen LogP contribution in [0.2, 0.25) is 5.02 Å². The first-order chi connectivity index (χ1) is 9.67. The second kappa shape index (κ2) is 6.64. The van der Waals surface area contributed by atoms with E-state index >= 15 is 0 Å². The molecule has 1 N–H and O–H groups in total. The van der Waals surface area contributed by atoms with Gasteiger partial charge in [-0.1, -0.05) is 29.8 Å². The highest BCUT2D eigenvalue weighted by molar-refractivity contribution is 6.31. The Kier molecular flexibility index (Phi) is 4.88. The van der Waals surface area contributed by atoms with Crippen molar-refractivity contribution in [3.63, 3.8) is 0 Å². The molecule has 0 heterocycles. The highest BCUT2D eigenvalue weighted by Crippen LogP contribution is 2.35. The predicted molar refractivity (Wildman–Crippen MR) is 79.7 cm³/mol. The minimum Gasteiger partial charge on any atom is -0.496 e. The number of methoxy groups -OCH3 is 1.